The van der Waals surface area contributed by atoms with E-state index in [1.807, 2.05) is 13.3 Å². The first kappa shape index (κ1) is 26.4. The summed E-state index contributed by atoms with van der Waals surface area (Å²) < 4.78 is 1.22. The van der Waals surface area contributed by atoms with E-state index in [0.717, 1.165) is 17.8 Å². The smallest absolute Gasteiger partial charge is 0.0284 e. The third-order valence-corrected chi connectivity index (χ3v) is 7.54. The molecule has 0 amide bonds. The molecule has 1 nitrogen and oxygen atoms in total. The minimum Gasteiger partial charge on any atom is -0.296 e. The van der Waals surface area contributed by atoms with E-state index in [0.29, 0.717) is 5.92 Å². The van der Waals surface area contributed by atoms with Gasteiger partial charge in [-0.3, -0.25) is 4.99 Å². The number of halogens is 1. The zero-order valence-corrected chi connectivity index (χ0v) is 21.8. The van der Waals surface area contributed by atoms with Crippen LogP contribution in [0, 0.1) is 24.7 Å². The topological polar surface area (TPSA) is 12.4 Å². The summed E-state index contributed by atoms with van der Waals surface area (Å²) >= 11 is 3.74. The molecule has 1 aliphatic rings. The van der Waals surface area contributed by atoms with E-state index in [1.165, 1.54) is 79.0 Å². The van der Waals surface area contributed by atoms with Gasteiger partial charge >= 0.3 is 0 Å². The fourth-order valence-electron chi connectivity index (χ4n) is 4.42. The molecule has 2 heteroatoms. The maximum absolute atomic E-state index is 4.12. The van der Waals surface area contributed by atoms with Crippen LogP contribution in [0.5, 0.6) is 0 Å². The SMILES string of the molecule is CC(C)C1CCCCC1.CCCCCC(C)C(C)c1cc(C)c(C=NC)cc1Br. The summed E-state index contributed by atoms with van der Waals surface area (Å²) in [4.78, 5) is 4.12. The van der Waals surface area contributed by atoms with Crippen molar-refractivity contribution in [1.29, 1.82) is 0 Å². The molecule has 0 heterocycles. The normalized spacial score (nSPS) is 17.3. The van der Waals surface area contributed by atoms with E-state index >= 15 is 0 Å². The average molecular weight is 465 g/mol. The molecule has 29 heavy (non-hydrogen) atoms. The minimum atomic E-state index is 0.590. The molecule has 0 saturated heterocycles. The zero-order chi connectivity index (χ0) is 21.8. The highest BCUT2D eigenvalue weighted by molar-refractivity contribution is 9.10. The highest BCUT2D eigenvalue weighted by Gasteiger charge is 2.18. The van der Waals surface area contributed by atoms with E-state index in [1.54, 1.807) is 0 Å². The Labute approximate surface area is 190 Å². The molecular weight excluding hydrogens is 418 g/mol. The van der Waals surface area contributed by atoms with Crippen LogP contribution in [0.25, 0.3) is 0 Å². The van der Waals surface area contributed by atoms with Crippen molar-refractivity contribution in [3.05, 3.63) is 33.3 Å². The van der Waals surface area contributed by atoms with Gasteiger partial charge in [-0.2, -0.15) is 0 Å². The van der Waals surface area contributed by atoms with Crippen molar-refractivity contribution in [2.75, 3.05) is 7.05 Å². The van der Waals surface area contributed by atoms with E-state index in [-0.39, 0.29) is 0 Å². The van der Waals surface area contributed by atoms with Crippen molar-refractivity contribution in [2.24, 2.45) is 22.7 Å². The first-order valence-electron chi connectivity index (χ1n) is 12.0. The predicted molar refractivity (Wildman–Crippen MR) is 136 cm³/mol. The van der Waals surface area contributed by atoms with Crippen LogP contribution in [0.4, 0.5) is 0 Å². The number of rotatable bonds is 8. The molecule has 0 aliphatic heterocycles. The standard InChI is InChI=1S/C18H28BrN.C9H18/c1-6-7-8-9-13(2)15(4)17-10-14(3)16(12-20-5)11-18(17)19;1-8(2)9-6-4-3-5-7-9/h10-13,15H,6-9H2,1-5H3;8-9H,3-7H2,1-2H3. The van der Waals surface area contributed by atoms with Crippen LogP contribution in [0.15, 0.2) is 21.6 Å². The Kier molecular flexibility index (Phi) is 13.1. The number of hydrogen-bond acceptors (Lipinski definition) is 1. The Morgan fingerprint density at radius 1 is 1.07 bits per heavy atom. The third kappa shape index (κ3) is 9.37. The Bertz CT molecular complexity index is 599. The monoisotopic (exact) mass is 463 g/mol. The van der Waals surface area contributed by atoms with Crippen molar-refractivity contribution in [3.8, 4) is 0 Å². The van der Waals surface area contributed by atoms with Gasteiger partial charge < -0.3 is 0 Å². The van der Waals surface area contributed by atoms with Crippen molar-refractivity contribution >= 4 is 22.1 Å². The lowest BCUT2D eigenvalue weighted by atomic mass is 9.82. The van der Waals surface area contributed by atoms with E-state index in [2.05, 4.69) is 74.6 Å². The van der Waals surface area contributed by atoms with Crippen LogP contribution in [-0.2, 0) is 0 Å². The summed E-state index contributed by atoms with van der Waals surface area (Å²) in [6.45, 7) is 13.9. The van der Waals surface area contributed by atoms with Crippen LogP contribution in [0.2, 0.25) is 0 Å². The predicted octanol–water partition coefficient (Wildman–Crippen LogP) is 9.35. The third-order valence-electron chi connectivity index (χ3n) is 6.85. The van der Waals surface area contributed by atoms with Crippen molar-refractivity contribution < 1.29 is 0 Å². The summed E-state index contributed by atoms with van der Waals surface area (Å²) in [6, 6.07) is 4.52. The average Bonchev–Trinajstić information content (AvgIpc) is 2.71. The second kappa shape index (κ2) is 14.4. The molecular formula is C27H46BrN. The highest BCUT2D eigenvalue weighted by Crippen LogP contribution is 2.34. The summed E-state index contributed by atoms with van der Waals surface area (Å²) in [7, 11) is 1.82. The number of aryl methyl sites for hydroxylation is 1. The molecule has 166 valence electrons. The summed E-state index contributed by atoms with van der Waals surface area (Å²) in [5, 5.41) is 0. The van der Waals surface area contributed by atoms with Crippen molar-refractivity contribution in [3.63, 3.8) is 0 Å². The molecule has 1 saturated carbocycles. The molecule has 0 N–H and O–H groups in total. The number of aliphatic imine (C=N–C) groups is 1. The van der Waals surface area contributed by atoms with Crippen LogP contribution in [0.3, 0.4) is 0 Å². The highest BCUT2D eigenvalue weighted by atomic mass is 79.9. The van der Waals surface area contributed by atoms with Gasteiger partial charge in [0, 0.05) is 17.7 Å². The van der Waals surface area contributed by atoms with Crippen LogP contribution in [-0.4, -0.2) is 13.3 Å². The summed E-state index contributed by atoms with van der Waals surface area (Å²) in [6.07, 6.45) is 14.7. The molecule has 0 spiro atoms. The van der Waals surface area contributed by atoms with Gasteiger partial charge in [-0.15, -0.1) is 0 Å². The van der Waals surface area contributed by atoms with Crippen molar-refractivity contribution in [2.45, 2.75) is 105 Å². The van der Waals surface area contributed by atoms with Gasteiger partial charge in [0.15, 0.2) is 0 Å². The fraction of sp³-hybridized carbons (Fsp3) is 0.741. The molecule has 2 unspecified atom stereocenters. The fourth-order valence-corrected chi connectivity index (χ4v) is 5.14. The second-order valence-corrected chi connectivity index (χ2v) is 10.4. The molecule has 1 aromatic carbocycles. The molecule has 2 rings (SSSR count). The van der Waals surface area contributed by atoms with Crippen LogP contribution in [0.1, 0.15) is 115 Å². The Morgan fingerprint density at radius 3 is 2.24 bits per heavy atom. The lowest BCUT2D eigenvalue weighted by Gasteiger charge is -2.24. The lowest BCUT2D eigenvalue weighted by molar-refractivity contribution is 0.279. The lowest BCUT2D eigenvalue weighted by Crippen LogP contribution is -2.12. The summed E-state index contributed by atoms with van der Waals surface area (Å²) in [5.74, 6) is 3.31. The maximum Gasteiger partial charge on any atom is 0.0284 e. The van der Waals surface area contributed by atoms with Crippen molar-refractivity contribution in [1.82, 2.24) is 0 Å². The zero-order valence-electron chi connectivity index (χ0n) is 20.2. The molecule has 1 aromatic rings. The van der Waals surface area contributed by atoms with E-state index in [4.69, 9.17) is 0 Å². The van der Waals surface area contributed by atoms with Gasteiger partial charge in [0.05, 0.1) is 0 Å². The first-order valence-corrected chi connectivity index (χ1v) is 12.8. The second-order valence-electron chi connectivity index (χ2n) is 9.52. The van der Waals surface area contributed by atoms with Crippen LogP contribution >= 0.6 is 15.9 Å². The maximum atomic E-state index is 4.12. The van der Waals surface area contributed by atoms with Gasteiger partial charge in [-0.05, 0) is 53.4 Å². The van der Waals surface area contributed by atoms with Gasteiger partial charge in [0.1, 0.15) is 0 Å². The molecule has 0 aromatic heterocycles. The number of hydrogen-bond donors (Lipinski definition) is 0. The van der Waals surface area contributed by atoms with Gasteiger partial charge in [-0.25, -0.2) is 0 Å². The molecule has 0 radical (unpaired) electrons. The van der Waals surface area contributed by atoms with E-state index < -0.39 is 0 Å². The van der Waals surface area contributed by atoms with Gasteiger partial charge in [0.2, 0.25) is 0 Å². The number of benzene rings is 1. The Hall–Kier alpha value is -0.630. The molecule has 1 aliphatic carbocycles. The Balaban J connectivity index is 0.000000387. The molecule has 1 fully saturated rings. The first-order chi connectivity index (χ1) is 13.8. The number of unbranched alkanes of at least 4 members (excludes halogenated alkanes) is 2. The number of nitrogens with zero attached hydrogens (tertiary/aromatic N) is 1. The quantitative estimate of drug-likeness (QED) is 0.268. The van der Waals surface area contributed by atoms with E-state index in [9.17, 15) is 0 Å². The summed E-state index contributed by atoms with van der Waals surface area (Å²) in [5.41, 5.74) is 3.94. The molecule has 0 bridgehead atoms. The molecule has 2 atom stereocenters. The van der Waals surface area contributed by atoms with Gasteiger partial charge in [0.25, 0.3) is 0 Å². The minimum absolute atomic E-state index is 0.590. The van der Waals surface area contributed by atoms with Gasteiger partial charge in [-0.1, -0.05) is 114 Å². The Morgan fingerprint density at radius 2 is 1.72 bits per heavy atom. The van der Waals surface area contributed by atoms with Crippen LogP contribution < -0.4 is 0 Å². The largest absolute Gasteiger partial charge is 0.296 e.